The van der Waals surface area contributed by atoms with Crippen molar-refractivity contribution in [3.05, 3.63) is 12.2 Å². The van der Waals surface area contributed by atoms with Crippen molar-refractivity contribution in [2.45, 2.75) is 78.1 Å². The molecule has 1 rings (SSSR count). The summed E-state index contributed by atoms with van der Waals surface area (Å²) in [6, 6.07) is -1.55. The molecular weight excluding hydrogens is 440 g/mol. The van der Waals surface area contributed by atoms with Crippen LogP contribution in [0.3, 0.4) is 0 Å². The van der Waals surface area contributed by atoms with E-state index in [1.807, 2.05) is 33.8 Å². The second kappa shape index (κ2) is 14.4. The van der Waals surface area contributed by atoms with Gasteiger partial charge in [0.2, 0.25) is 11.8 Å². The quantitative estimate of drug-likeness (QED) is 0.205. The predicted molar refractivity (Wildman–Crippen MR) is 129 cm³/mol. The normalized spacial score (nSPS) is 22.3. The van der Waals surface area contributed by atoms with Gasteiger partial charge < -0.3 is 24.8 Å². The SMILES string of the molecule is C/C=C/[C@@H](OC)C(C)C(=O)NC(C(=O)N[C@@H](C)C(=O)N1CCCC(C)(COCOC)N1)C(C)C. The van der Waals surface area contributed by atoms with Crippen LogP contribution in [0.2, 0.25) is 0 Å². The van der Waals surface area contributed by atoms with E-state index in [0.717, 1.165) is 12.8 Å². The molecule has 34 heavy (non-hydrogen) atoms. The van der Waals surface area contributed by atoms with Crippen molar-refractivity contribution in [1.82, 2.24) is 21.1 Å². The molecule has 0 aliphatic carbocycles. The number of allylic oxidation sites excluding steroid dienone is 1. The van der Waals surface area contributed by atoms with Gasteiger partial charge in [-0.2, -0.15) is 0 Å². The van der Waals surface area contributed by atoms with Crippen LogP contribution in [-0.2, 0) is 28.6 Å². The van der Waals surface area contributed by atoms with Gasteiger partial charge in [-0.15, -0.1) is 0 Å². The molecule has 3 N–H and O–H groups in total. The molecule has 196 valence electrons. The molecule has 3 amide bonds. The van der Waals surface area contributed by atoms with E-state index in [2.05, 4.69) is 16.1 Å². The molecule has 1 aliphatic heterocycles. The van der Waals surface area contributed by atoms with Gasteiger partial charge in [0.1, 0.15) is 18.9 Å². The molecule has 10 heteroatoms. The number of hydrogen-bond donors (Lipinski definition) is 3. The summed E-state index contributed by atoms with van der Waals surface area (Å²) in [5.74, 6) is -1.59. The van der Waals surface area contributed by atoms with Gasteiger partial charge in [-0.3, -0.25) is 19.4 Å². The van der Waals surface area contributed by atoms with Crippen molar-refractivity contribution < 1.29 is 28.6 Å². The lowest BCUT2D eigenvalue weighted by Gasteiger charge is -2.42. The maximum absolute atomic E-state index is 13.0. The molecule has 3 unspecified atom stereocenters. The third kappa shape index (κ3) is 8.98. The number of carbonyl (C=O) groups excluding carboxylic acids is 3. The van der Waals surface area contributed by atoms with E-state index >= 15 is 0 Å². The van der Waals surface area contributed by atoms with E-state index in [0.29, 0.717) is 13.2 Å². The summed E-state index contributed by atoms with van der Waals surface area (Å²) in [4.78, 5) is 38.8. The maximum Gasteiger partial charge on any atom is 0.258 e. The minimum absolute atomic E-state index is 0.171. The zero-order valence-electron chi connectivity index (χ0n) is 22.0. The number of hydrogen-bond acceptors (Lipinski definition) is 7. The Bertz CT molecular complexity index is 701. The summed E-state index contributed by atoms with van der Waals surface area (Å²) in [6.45, 7) is 12.0. The number of nitrogens with one attached hydrogen (secondary N) is 3. The van der Waals surface area contributed by atoms with Crippen LogP contribution in [-0.4, -0.2) is 80.6 Å². The second-order valence-electron chi connectivity index (χ2n) is 9.50. The zero-order chi connectivity index (χ0) is 25.9. The third-order valence-electron chi connectivity index (χ3n) is 5.94. The molecule has 0 aromatic rings. The fourth-order valence-corrected chi connectivity index (χ4v) is 3.89. The summed E-state index contributed by atoms with van der Waals surface area (Å²) in [7, 11) is 3.10. The number of hydrazine groups is 1. The first-order valence-electron chi connectivity index (χ1n) is 11.9. The minimum Gasteiger partial charge on any atom is -0.377 e. The molecule has 1 aliphatic rings. The molecule has 0 radical (unpaired) electrons. The van der Waals surface area contributed by atoms with Crippen molar-refractivity contribution in [3.63, 3.8) is 0 Å². The molecule has 5 atom stereocenters. The Morgan fingerprint density at radius 2 is 1.79 bits per heavy atom. The Morgan fingerprint density at radius 3 is 2.35 bits per heavy atom. The van der Waals surface area contributed by atoms with Crippen molar-refractivity contribution >= 4 is 17.7 Å². The summed E-state index contributed by atoms with van der Waals surface area (Å²) in [5, 5.41) is 7.13. The van der Waals surface area contributed by atoms with Crippen molar-refractivity contribution in [1.29, 1.82) is 0 Å². The number of ether oxygens (including phenoxy) is 3. The maximum atomic E-state index is 13.0. The van der Waals surface area contributed by atoms with Gasteiger partial charge in [0.25, 0.3) is 5.91 Å². The summed E-state index contributed by atoms with van der Waals surface area (Å²) >= 11 is 0. The van der Waals surface area contributed by atoms with Crippen LogP contribution in [0.5, 0.6) is 0 Å². The minimum atomic E-state index is -0.782. The van der Waals surface area contributed by atoms with Crippen LogP contribution in [0, 0.1) is 11.8 Å². The smallest absolute Gasteiger partial charge is 0.258 e. The average Bonchev–Trinajstić information content (AvgIpc) is 2.79. The number of rotatable bonds is 13. The van der Waals surface area contributed by atoms with Crippen molar-refractivity contribution in [3.8, 4) is 0 Å². The van der Waals surface area contributed by atoms with Gasteiger partial charge in [-0.25, -0.2) is 5.43 Å². The van der Waals surface area contributed by atoms with Crippen molar-refractivity contribution in [2.24, 2.45) is 11.8 Å². The van der Waals surface area contributed by atoms with Gasteiger partial charge in [0.05, 0.1) is 24.2 Å². The number of amides is 3. The molecule has 0 aromatic heterocycles. The highest BCUT2D eigenvalue weighted by atomic mass is 16.7. The molecular formula is C24H44N4O6. The highest BCUT2D eigenvalue weighted by molar-refractivity contribution is 5.92. The van der Waals surface area contributed by atoms with E-state index in [9.17, 15) is 14.4 Å². The van der Waals surface area contributed by atoms with Crippen molar-refractivity contribution in [2.75, 3.05) is 34.2 Å². The van der Waals surface area contributed by atoms with Gasteiger partial charge in [-0.05, 0) is 39.5 Å². The number of carbonyl (C=O) groups is 3. The second-order valence-corrected chi connectivity index (χ2v) is 9.50. The van der Waals surface area contributed by atoms with Crippen LogP contribution in [0.4, 0.5) is 0 Å². The Balaban J connectivity index is 2.76. The Morgan fingerprint density at radius 1 is 1.12 bits per heavy atom. The van der Waals surface area contributed by atoms with Crippen LogP contribution in [0.1, 0.15) is 54.4 Å². The highest BCUT2D eigenvalue weighted by Crippen LogP contribution is 2.20. The first-order valence-corrected chi connectivity index (χ1v) is 11.9. The molecule has 0 bridgehead atoms. The number of nitrogens with zero attached hydrogens (tertiary/aromatic N) is 1. The highest BCUT2D eigenvalue weighted by Gasteiger charge is 2.36. The first-order chi connectivity index (χ1) is 16.0. The molecule has 1 fully saturated rings. The molecule has 1 saturated heterocycles. The Hall–Kier alpha value is -2.01. The van der Waals surface area contributed by atoms with Crippen LogP contribution < -0.4 is 16.1 Å². The topological polar surface area (TPSA) is 118 Å². The van der Waals surface area contributed by atoms with Gasteiger partial charge >= 0.3 is 0 Å². The molecule has 0 spiro atoms. The summed E-state index contributed by atoms with van der Waals surface area (Å²) in [5.41, 5.74) is 2.82. The third-order valence-corrected chi connectivity index (χ3v) is 5.94. The van der Waals surface area contributed by atoms with Gasteiger partial charge in [-0.1, -0.05) is 32.9 Å². The Labute approximate surface area is 204 Å². The first kappa shape index (κ1) is 30.0. The van der Waals surface area contributed by atoms with Gasteiger partial charge in [0, 0.05) is 20.8 Å². The zero-order valence-corrected chi connectivity index (χ0v) is 22.0. The largest absolute Gasteiger partial charge is 0.377 e. The lowest BCUT2D eigenvalue weighted by molar-refractivity contribution is -0.145. The summed E-state index contributed by atoms with van der Waals surface area (Å²) < 4.78 is 15.8. The summed E-state index contributed by atoms with van der Waals surface area (Å²) in [6.07, 6.45) is 4.88. The average molecular weight is 485 g/mol. The van der Waals surface area contributed by atoms with Crippen LogP contribution in [0.15, 0.2) is 12.2 Å². The predicted octanol–water partition coefficient (Wildman–Crippen LogP) is 1.37. The van der Waals surface area contributed by atoms with Crippen LogP contribution >= 0.6 is 0 Å². The standard InChI is InChI=1S/C24H44N4O6/c1-9-11-19(33-8)17(4)21(29)26-20(16(2)3)22(30)25-18(5)23(31)28-13-10-12-24(6,27-28)14-34-15-32-7/h9,11,16-20,27H,10,12-15H2,1-8H3,(H,25,30)(H,26,29)/b11-9+/t17?,18-,19+,20?,24?/m0/s1. The van der Waals surface area contributed by atoms with E-state index in [1.54, 1.807) is 27.0 Å². The molecule has 1 heterocycles. The number of methoxy groups -OCH3 is 2. The monoisotopic (exact) mass is 484 g/mol. The van der Waals surface area contributed by atoms with Crippen LogP contribution in [0.25, 0.3) is 0 Å². The van der Waals surface area contributed by atoms with E-state index in [1.165, 1.54) is 12.1 Å². The van der Waals surface area contributed by atoms with E-state index in [-0.39, 0.29) is 24.5 Å². The molecule has 10 nitrogen and oxygen atoms in total. The molecule has 0 saturated carbocycles. The van der Waals surface area contributed by atoms with E-state index in [4.69, 9.17) is 14.2 Å². The fraction of sp³-hybridized carbons (Fsp3) is 0.792. The van der Waals surface area contributed by atoms with E-state index < -0.39 is 35.6 Å². The lowest BCUT2D eigenvalue weighted by Crippen LogP contribution is -2.64. The van der Waals surface area contributed by atoms with Gasteiger partial charge in [0.15, 0.2) is 0 Å². The fourth-order valence-electron chi connectivity index (χ4n) is 3.89. The molecule has 0 aromatic carbocycles. The Kier molecular flexibility index (Phi) is 12.7. The lowest BCUT2D eigenvalue weighted by atomic mass is 9.95.